The van der Waals surface area contributed by atoms with E-state index in [-0.39, 0.29) is 0 Å². The number of rotatable bonds is 3. The highest BCUT2D eigenvalue weighted by atomic mass is 15.1. The van der Waals surface area contributed by atoms with Gasteiger partial charge in [0.25, 0.3) is 0 Å². The van der Waals surface area contributed by atoms with Crippen LogP contribution in [0.4, 0.5) is 5.82 Å². The minimum Gasteiger partial charge on any atom is -0.364 e. The van der Waals surface area contributed by atoms with Crippen LogP contribution >= 0.6 is 0 Å². The minimum atomic E-state index is 0.753. The second-order valence-corrected chi connectivity index (χ2v) is 4.72. The number of nitrogens with one attached hydrogen (secondary N) is 1. The van der Waals surface area contributed by atoms with E-state index in [1.54, 1.807) is 0 Å². The van der Waals surface area contributed by atoms with Crippen molar-refractivity contribution in [1.82, 2.24) is 14.5 Å². The summed E-state index contributed by atoms with van der Waals surface area (Å²) in [5, 5.41) is 3.35. The fourth-order valence-electron chi connectivity index (χ4n) is 2.08. The predicted octanol–water partition coefficient (Wildman–Crippen LogP) is 2.89. The van der Waals surface area contributed by atoms with E-state index >= 15 is 0 Å². The summed E-state index contributed by atoms with van der Waals surface area (Å²) in [4.78, 5) is 8.75. The van der Waals surface area contributed by atoms with Crippen molar-refractivity contribution in [1.29, 1.82) is 0 Å². The number of nitrogens with zero attached hydrogens (tertiary/aromatic N) is 3. The van der Waals surface area contributed by atoms with Gasteiger partial charge in [-0.15, -0.1) is 0 Å². The molecule has 0 bridgehead atoms. The average molecular weight is 252 g/mol. The zero-order valence-electron chi connectivity index (χ0n) is 11.1. The van der Waals surface area contributed by atoms with Crippen LogP contribution in [0.25, 0.3) is 11.0 Å². The number of aryl methyl sites for hydroxylation is 2. The molecule has 19 heavy (non-hydrogen) atoms. The minimum absolute atomic E-state index is 0.753. The molecule has 0 unspecified atom stereocenters. The van der Waals surface area contributed by atoms with Gasteiger partial charge >= 0.3 is 0 Å². The summed E-state index contributed by atoms with van der Waals surface area (Å²) >= 11 is 0. The maximum Gasteiger partial charge on any atom is 0.154 e. The van der Waals surface area contributed by atoms with E-state index in [4.69, 9.17) is 0 Å². The first-order valence-electron chi connectivity index (χ1n) is 6.29. The lowest BCUT2D eigenvalue weighted by Crippen LogP contribution is -2.02. The highest BCUT2D eigenvalue weighted by molar-refractivity contribution is 5.85. The molecule has 96 valence electrons. The van der Waals surface area contributed by atoms with Crippen LogP contribution in [0.3, 0.4) is 0 Å². The van der Waals surface area contributed by atoms with Crippen LogP contribution < -0.4 is 5.32 Å². The first-order chi connectivity index (χ1) is 9.24. The number of aromatic nitrogens is 3. The van der Waals surface area contributed by atoms with E-state index in [0.717, 1.165) is 23.4 Å². The molecule has 0 radical (unpaired) electrons. The molecule has 4 heteroatoms. The molecule has 2 heterocycles. The Labute approximate surface area is 112 Å². The SMILES string of the molecule is Cc1ccc(CNc2nccc3c2ncn3C)cc1. The van der Waals surface area contributed by atoms with Crippen molar-refractivity contribution < 1.29 is 0 Å². The number of anilines is 1. The summed E-state index contributed by atoms with van der Waals surface area (Å²) in [5.74, 6) is 0.832. The molecule has 0 saturated carbocycles. The Balaban J connectivity index is 1.83. The molecule has 4 nitrogen and oxygen atoms in total. The number of imidazole rings is 1. The molecule has 0 aliphatic heterocycles. The van der Waals surface area contributed by atoms with Crippen LogP contribution in [-0.2, 0) is 13.6 Å². The quantitative estimate of drug-likeness (QED) is 0.779. The van der Waals surface area contributed by atoms with Crippen molar-refractivity contribution in [3.63, 3.8) is 0 Å². The molecule has 2 aromatic heterocycles. The van der Waals surface area contributed by atoms with E-state index in [9.17, 15) is 0 Å². The molecule has 3 rings (SSSR count). The zero-order valence-corrected chi connectivity index (χ0v) is 11.1. The Morgan fingerprint density at radius 3 is 2.68 bits per heavy atom. The molecule has 0 amide bonds. The van der Waals surface area contributed by atoms with E-state index in [0.29, 0.717) is 0 Å². The highest BCUT2D eigenvalue weighted by Gasteiger charge is 2.06. The van der Waals surface area contributed by atoms with Gasteiger partial charge in [0.15, 0.2) is 5.82 Å². The van der Waals surface area contributed by atoms with Gasteiger partial charge in [0.05, 0.1) is 11.8 Å². The molecule has 0 aliphatic rings. The summed E-state index contributed by atoms with van der Waals surface area (Å²) in [6, 6.07) is 10.5. The standard InChI is InChI=1S/C15H16N4/c1-11-3-5-12(6-4-11)9-17-15-14-13(7-8-16-15)19(2)10-18-14/h3-8,10H,9H2,1-2H3,(H,16,17). The van der Waals surface area contributed by atoms with Gasteiger partial charge in [0, 0.05) is 19.8 Å². The topological polar surface area (TPSA) is 42.7 Å². The second-order valence-electron chi connectivity index (χ2n) is 4.72. The fourth-order valence-corrected chi connectivity index (χ4v) is 2.08. The smallest absolute Gasteiger partial charge is 0.154 e. The van der Waals surface area contributed by atoms with Gasteiger partial charge in [-0.05, 0) is 18.6 Å². The molecule has 0 atom stereocenters. The van der Waals surface area contributed by atoms with Crippen molar-refractivity contribution in [2.24, 2.45) is 7.05 Å². The Kier molecular flexibility index (Phi) is 2.91. The molecule has 3 aromatic rings. The Morgan fingerprint density at radius 2 is 1.89 bits per heavy atom. The van der Waals surface area contributed by atoms with Crippen molar-refractivity contribution >= 4 is 16.9 Å². The third-order valence-corrected chi connectivity index (χ3v) is 3.22. The number of pyridine rings is 1. The summed E-state index contributed by atoms with van der Waals surface area (Å²) < 4.78 is 1.99. The first-order valence-corrected chi connectivity index (χ1v) is 6.29. The van der Waals surface area contributed by atoms with Crippen molar-refractivity contribution in [2.75, 3.05) is 5.32 Å². The van der Waals surface area contributed by atoms with E-state index in [1.807, 2.05) is 30.2 Å². The lowest BCUT2D eigenvalue weighted by atomic mass is 10.1. The third-order valence-electron chi connectivity index (χ3n) is 3.22. The van der Waals surface area contributed by atoms with E-state index in [2.05, 4.69) is 46.5 Å². The normalized spacial score (nSPS) is 10.8. The van der Waals surface area contributed by atoms with Crippen LogP contribution in [0.15, 0.2) is 42.9 Å². The second kappa shape index (κ2) is 4.72. The Hall–Kier alpha value is -2.36. The maximum absolute atomic E-state index is 4.38. The highest BCUT2D eigenvalue weighted by Crippen LogP contribution is 2.19. The average Bonchev–Trinajstić information content (AvgIpc) is 2.81. The predicted molar refractivity (Wildman–Crippen MR) is 77.0 cm³/mol. The van der Waals surface area contributed by atoms with Gasteiger partial charge in [-0.2, -0.15) is 0 Å². The maximum atomic E-state index is 4.38. The molecule has 0 spiro atoms. The number of hydrogen-bond donors (Lipinski definition) is 1. The van der Waals surface area contributed by atoms with Gasteiger partial charge in [0.1, 0.15) is 5.52 Å². The van der Waals surface area contributed by atoms with Crippen molar-refractivity contribution in [2.45, 2.75) is 13.5 Å². The molecule has 1 N–H and O–H groups in total. The van der Waals surface area contributed by atoms with Gasteiger partial charge in [-0.3, -0.25) is 0 Å². The molecule has 1 aromatic carbocycles. The van der Waals surface area contributed by atoms with Crippen LogP contribution in [0.5, 0.6) is 0 Å². The summed E-state index contributed by atoms with van der Waals surface area (Å²) in [5.41, 5.74) is 4.51. The zero-order chi connectivity index (χ0) is 13.2. The van der Waals surface area contributed by atoms with Crippen molar-refractivity contribution in [3.05, 3.63) is 54.0 Å². The van der Waals surface area contributed by atoms with Crippen LogP contribution in [0.1, 0.15) is 11.1 Å². The number of hydrogen-bond acceptors (Lipinski definition) is 3. The number of benzene rings is 1. The molecule has 0 aliphatic carbocycles. The van der Waals surface area contributed by atoms with E-state index < -0.39 is 0 Å². The Morgan fingerprint density at radius 1 is 1.11 bits per heavy atom. The summed E-state index contributed by atoms with van der Waals surface area (Å²) in [7, 11) is 1.99. The van der Waals surface area contributed by atoms with Gasteiger partial charge in [0.2, 0.25) is 0 Å². The number of fused-ring (bicyclic) bond motifs is 1. The van der Waals surface area contributed by atoms with Gasteiger partial charge in [-0.25, -0.2) is 9.97 Å². The lowest BCUT2D eigenvalue weighted by molar-refractivity contribution is 0.947. The third kappa shape index (κ3) is 2.29. The lowest BCUT2D eigenvalue weighted by Gasteiger charge is -2.06. The summed E-state index contributed by atoms with van der Waals surface area (Å²) in [6.07, 6.45) is 3.62. The van der Waals surface area contributed by atoms with Gasteiger partial charge in [-0.1, -0.05) is 29.8 Å². The van der Waals surface area contributed by atoms with Crippen LogP contribution in [-0.4, -0.2) is 14.5 Å². The first kappa shape index (κ1) is 11.7. The van der Waals surface area contributed by atoms with Crippen LogP contribution in [0.2, 0.25) is 0 Å². The van der Waals surface area contributed by atoms with E-state index in [1.165, 1.54) is 11.1 Å². The summed E-state index contributed by atoms with van der Waals surface area (Å²) in [6.45, 7) is 2.84. The molecular formula is C15H16N4. The largest absolute Gasteiger partial charge is 0.364 e. The van der Waals surface area contributed by atoms with Gasteiger partial charge < -0.3 is 9.88 Å². The fraction of sp³-hybridized carbons (Fsp3) is 0.200. The Bertz CT molecular complexity index is 698. The molecular weight excluding hydrogens is 236 g/mol. The van der Waals surface area contributed by atoms with Crippen molar-refractivity contribution in [3.8, 4) is 0 Å². The molecule has 0 saturated heterocycles. The molecule has 0 fully saturated rings. The monoisotopic (exact) mass is 252 g/mol. The van der Waals surface area contributed by atoms with Crippen LogP contribution in [0, 0.1) is 6.92 Å².